The molecule has 3 aromatic heterocycles. The van der Waals surface area contributed by atoms with E-state index in [0.717, 1.165) is 16.8 Å². The Morgan fingerprint density at radius 2 is 2.10 bits per heavy atom. The van der Waals surface area contributed by atoms with Crippen LogP contribution < -0.4 is 10.1 Å². The largest absolute Gasteiger partial charge is 0.487 e. The number of aromatic amines is 1. The molecule has 0 fully saturated rings. The van der Waals surface area contributed by atoms with Crippen molar-refractivity contribution in [2.45, 2.75) is 19.6 Å². The normalized spacial score (nSPS) is 11.6. The van der Waals surface area contributed by atoms with Crippen molar-refractivity contribution in [1.82, 2.24) is 34.9 Å². The summed E-state index contributed by atoms with van der Waals surface area (Å²) in [5, 5.41) is 23.1. The lowest BCUT2D eigenvalue weighted by molar-refractivity contribution is 0.193. The van der Waals surface area contributed by atoms with E-state index in [1.807, 2.05) is 19.1 Å². The van der Waals surface area contributed by atoms with E-state index < -0.39 is 0 Å². The van der Waals surface area contributed by atoms with Crippen molar-refractivity contribution in [3.63, 3.8) is 0 Å². The van der Waals surface area contributed by atoms with Crippen molar-refractivity contribution in [3.05, 3.63) is 61.2 Å². The topological polar surface area (TPSA) is 130 Å². The van der Waals surface area contributed by atoms with Crippen molar-refractivity contribution >= 4 is 11.6 Å². The maximum atomic E-state index is 9.41. The van der Waals surface area contributed by atoms with Crippen molar-refractivity contribution in [3.8, 4) is 22.9 Å². The van der Waals surface area contributed by atoms with E-state index in [1.54, 1.807) is 41.9 Å². The Bertz CT molecular complexity index is 1100. The minimum absolute atomic E-state index is 0.197. The summed E-state index contributed by atoms with van der Waals surface area (Å²) in [6, 6.07) is 7.55. The van der Waals surface area contributed by atoms with Crippen LogP contribution in [0.25, 0.3) is 11.1 Å². The van der Waals surface area contributed by atoms with Gasteiger partial charge in [0.15, 0.2) is 0 Å². The van der Waals surface area contributed by atoms with E-state index in [4.69, 9.17) is 4.74 Å². The first-order valence-electron chi connectivity index (χ1n) is 8.82. The highest BCUT2D eigenvalue weighted by molar-refractivity contribution is 5.66. The number of H-pyrrole nitrogens is 1. The first kappa shape index (κ1) is 18.1. The summed E-state index contributed by atoms with van der Waals surface area (Å²) in [6.45, 7) is 2.43. The fourth-order valence-corrected chi connectivity index (χ4v) is 2.73. The lowest BCUT2D eigenvalue weighted by Crippen LogP contribution is -2.20. The molecule has 0 radical (unpaired) electrons. The van der Waals surface area contributed by atoms with Gasteiger partial charge in [0.05, 0.1) is 24.0 Å². The van der Waals surface area contributed by atoms with Gasteiger partial charge >= 0.3 is 0 Å². The van der Waals surface area contributed by atoms with Crippen LogP contribution in [0.5, 0.6) is 5.75 Å². The summed E-state index contributed by atoms with van der Waals surface area (Å²) >= 11 is 0. The third-order valence-electron chi connectivity index (χ3n) is 4.08. The summed E-state index contributed by atoms with van der Waals surface area (Å²) in [5.41, 5.74) is 2.88. The number of benzene rings is 1. The van der Waals surface area contributed by atoms with Crippen LogP contribution in [0, 0.1) is 11.3 Å². The average Bonchev–Trinajstić information content (AvgIpc) is 3.43. The Labute approximate surface area is 166 Å². The molecule has 10 nitrogen and oxygen atoms in total. The summed E-state index contributed by atoms with van der Waals surface area (Å²) in [4.78, 5) is 12.6. The zero-order chi connectivity index (χ0) is 20.1. The van der Waals surface area contributed by atoms with Gasteiger partial charge in [0.1, 0.15) is 30.6 Å². The molecule has 2 N–H and O–H groups in total. The molecule has 0 amide bonds. The third kappa shape index (κ3) is 4.36. The molecule has 10 heteroatoms. The second kappa shape index (κ2) is 8.18. The van der Waals surface area contributed by atoms with Crippen LogP contribution in [0.1, 0.15) is 12.5 Å². The second-order valence-corrected chi connectivity index (χ2v) is 6.28. The van der Waals surface area contributed by atoms with E-state index in [-0.39, 0.29) is 6.10 Å². The minimum Gasteiger partial charge on any atom is -0.487 e. The predicted molar refractivity (Wildman–Crippen MR) is 104 cm³/mol. The predicted octanol–water partition coefficient (Wildman–Crippen LogP) is 2.54. The van der Waals surface area contributed by atoms with E-state index in [2.05, 4.69) is 41.6 Å². The first-order valence-corrected chi connectivity index (χ1v) is 8.82. The Kier molecular flexibility index (Phi) is 5.11. The van der Waals surface area contributed by atoms with Crippen LogP contribution in [0.15, 0.2) is 55.6 Å². The van der Waals surface area contributed by atoms with Crippen LogP contribution in [0.4, 0.5) is 11.6 Å². The molecule has 0 bridgehead atoms. The molecule has 3 heterocycles. The monoisotopic (exact) mass is 387 g/mol. The van der Waals surface area contributed by atoms with Gasteiger partial charge in [-0.3, -0.25) is 5.10 Å². The van der Waals surface area contributed by atoms with Gasteiger partial charge in [-0.05, 0) is 24.6 Å². The van der Waals surface area contributed by atoms with Gasteiger partial charge in [-0.2, -0.15) is 15.5 Å². The van der Waals surface area contributed by atoms with E-state index in [1.165, 1.54) is 6.33 Å². The molecule has 0 aliphatic heterocycles. The number of hydrogen-bond donors (Lipinski definition) is 2. The molecule has 29 heavy (non-hydrogen) atoms. The Hall–Kier alpha value is -4.26. The number of hydrogen-bond acceptors (Lipinski definition) is 8. The number of aromatic nitrogens is 7. The Morgan fingerprint density at radius 1 is 1.24 bits per heavy atom. The van der Waals surface area contributed by atoms with Crippen molar-refractivity contribution in [1.29, 1.82) is 5.26 Å². The average molecular weight is 387 g/mol. The summed E-state index contributed by atoms with van der Waals surface area (Å²) < 4.78 is 7.67. The van der Waals surface area contributed by atoms with E-state index in [0.29, 0.717) is 23.8 Å². The lowest BCUT2D eigenvalue weighted by atomic mass is 10.1. The van der Waals surface area contributed by atoms with Gasteiger partial charge < -0.3 is 10.1 Å². The van der Waals surface area contributed by atoms with E-state index in [9.17, 15) is 5.26 Å². The van der Waals surface area contributed by atoms with Gasteiger partial charge in [0, 0.05) is 24.2 Å². The highest BCUT2D eigenvalue weighted by atomic mass is 16.5. The van der Waals surface area contributed by atoms with Gasteiger partial charge in [-0.15, -0.1) is 0 Å². The molecule has 4 aromatic rings. The van der Waals surface area contributed by atoms with Crippen molar-refractivity contribution in [2.24, 2.45) is 0 Å². The van der Waals surface area contributed by atoms with Crippen molar-refractivity contribution in [2.75, 3.05) is 5.32 Å². The molecule has 0 saturated heterocycles. The SMILES string of the molecule is CC(Cn1cncn1)Oc1cc(-c2cnc(Nc3cn[nH]c3)nc2)ccc1C#N. The minimum atomic E-state index is -0.197. The molecule has 1 unspecified atom stereocenters. The van der Waals surface area contributed by atoms with Crippen molar-refractivity contribution < 1.29 is 4.74 Å². The fraction of sp³-hybridized carbons (Fsp3) is 0.158. The molecule has 144 valence electrons. The standard InChI is InChI=1S/C19H17N9O/c1-13(10-28-12-21-11-26-28)29-18-4-14(2-3-15(18)5-20)16-6-22-19(23-7-16)27-17-8-24-25-9-17/h2-4,6-9,11-13H,10H2,1H3,(H,24,25)(H,22,23,27). The number of nitrogens with zero attached hydrogens (tertiary/aromatic N) is 7. The molecule has 1 atom stereocenters. The number of anilines is 2. The van der Waals surface area contributed by atoms with E-state index >= 15 is 0 Å². The van der Waals surface area contributed by atoms with Crippen LogP contribution >= 0.6 is 0 Å². The molecule has 0 spiro atoms. The number of rotatable bonds is 7. The highest BCUT2D eigenvalue weighted by Gasteiger charge is 2.12. The summed E-state index contributed by atoms with van der Waals surface area (Å²) in [6.07, 6.45) is 9.66. The number of nitriles is 1. The number of nitrogens with one attached hydrogen (secondary N) is 2. The quantitative estimate of drug-likeness (QED) is 0.495. The summed E-state index contributed by atoms with van der Waals surface area (Å²) in [5.74, 6) is 0.958. The maximum Gasteiger partial charge on any atom is 0.227 e. The molecular weight excluding hydrogens is 370 g/mol. The third-order valence-corrected chi connectivity index (χ3v) is 4.08. The molecule has 4 rings (SSSR count). The van der Waals surface area contributed by atoms with Crippen LogP contribution in [0.2, 0.25) is 0 Å². The van der Waals surface area contributed by atoms with Gasteiger partial charge in [0.25, 0.3) is 0 Å². The molecule has 0 saturated carbocycles. The van der Waals surface area contributed by atoms with Gasteiger partial charge in [-0.1, -0.05) is 6.07 Å². The second-order valence-electron chi connectivity index (χ2n) is 6.28. The zero-order valence-electron chi connectivity index (χ0n) is 15.5. The fourth-order valence-electron chi connectivity index (χ4n) is 2.73. The first-order chi connectivity index (χ1) is 14.2. The molecule has 1 aromatic carbocycles. The van der Waals surface area contributed by atoms with Crippen LogP contribution in [-0.4, -0.2) is 41.0 Å². The Morgan fingerprint density at radius 3 is 2.79 bits per heavy atom. The molecular formula is C19H17N9O. The molecule has 0 aliphatic rings. The highest BCUT2D eigenvalue weighted by Crippen LogP contribution is 2.28. The smallest absolute Gasteiger partial charge is 0.227 e. The Balaban J connectivity index is 1.52. The molecule has 0 aliphatic carbocycles. The number of ether oxygens (including phenoxy) is 1. The zero-order valence-corrected chi connectivity index (χ0v) is 15.5. The maximum absolute atomic E-state index is 9.41. The van der Waals surface area contributed by atoms with Gasteiger partial charge in [-0.25, -0.2) is 19.6 Å². The van der Waals surface area contributed by atoms with Crippen LogP contribution in [-0.2, 0) is 6.54 Å². The lowest BCUT2D eigenvalue weighted by Gasteiger charge is -2.16. The van der Waals surface area contributed by atoms with Crippen LogP contribution in [0.3, 0.4) is 0 Å². The summed E-state index contributed by atoms with van der Waals surface area (Å²) in [7, 11) is 0. The van der Waals surface area contributed by atoms with Gasteiger partial charge in [0.2, 0.25) is 5.95 Å².